The van der Waals surface area contributed by atoms with Gasteiger partial charge in [-0.2, -0.15) is 0 Å². The van der Waals surface area contributed by atoms with Crippen molar-refractivity contribution in [2.45, 2.75) is 110 Å². The van der Waals surface area contributed by atoms with Gasteiger partial charge in [-0.05, 0) is 91.8 Å². The Morgan fingerprint density at radius 1 is 1.02 bits per heavy atom. The number of fused-ring (bicyclic) bond motifs is 6. The van der Waals surface area contributed by atoms with Crippen LogP contribution < -0.4 is 0 Å². The van der Waals surface area contributed by atoms with Crippen LogP contribution in [0, 0.1) is 46.3 Å². The third kappa shape index (κ3) is 5.93. The Morgan fingerprint density at radius 2 is 1.81 bits per heavy atom. The van der Waals surface area contributed by atoms with Gasteiger partial charge in [0.05, 0.1) is 25.9 Å². The van der Waals surface area contributed by atoms with E-state index in [1.165, 1.54) is 37.7 Å². The summed E-state index contributed by atoms with van der Waals surface area (Å²) in [5, 5.41) is 18.4. The molecular formula is C35H57NO7. The van der Waals surface area contributed by atoms with E-state index < -0.39 is 6.16 Å². The van der Waals surface area contributed by atoms with E-state index in [0.717, 1.165) is 38.7 Å². The summed E-state index contributed by atoms with van der Waals surface area (Å²) in [7, 11) is 0. The minimum atomic E-state index is -0.610. The molecule has 2 N–H and O–H groups in total. The normalized spacial score (nSPS) is 45.5. The number of hydrogen-bond acceptors (Lipinski definition) is 8. The van der Waals surface area contributed by atoms with Crippen LogP contribution in [0.5, 0.6) is 0 Å². The molecule has 0 bridgehead atoms. The zero-order chi connectivity index (χ0) is 30.4. The highest BCUT2D eigenvalue weighted by Crippen LogP contribution is 2.67. The van der Waals surface area contributed by atoms with Gasteiger partial charge in [0.25, 0.3) is 0 Å². The van der Waals surface area contributed by atoms with Crippen LogP contribution in [-0.4, -0.2) is 85.3 Å². The fraction of sp³-hybridized carbons (Fsp3) is 0.914. The highest BCUT2D eigenvalue weighted by atomic mass is 16.7. The molecule has 11 atom stereocenters. The number of carbonyl (C=O) groups is 1. The van der Waals surface area contributed by atoms with Gasteiger partial charge < -0.3 is 29.2 Å². The van der Waals surface area contributed by atoms with E-state index in [1.807, 2.05) is 4.90 Å². The highest BCUT2D eigenvalue weighted by Gasteiger charge is 2.63. The molecule has 0 aromatic rings. The molecular weight excluding hydrogens is 546 g/mol. The molecule has 3 saturated carbocycles. The number of allylic oxidation sites excluding steroid dienone is 1. The third-order valence-corrected chi connectivity index (χ3v) is 13.3. The van der Waals surface area contributed by atoms with Crippen molar-refractivity contribution in [1.82, 2.24) is 4.90 Å². The topological polar surface area (TPSA) is 97.7 Å². The standard InChI is InChI=1S/C35H57NO7/c1-23-7-12-35(41-22-23)24(2)28-21-33(3)10-9-29-27(30(33)20-31(28)43-35)6-5-25-19-26(8-11-34(25,29)4)42-32(39)40-18-15-36(13-16-37)14-17-38/h5,23-24,26-31,37-38H,6-22H2,1-4H3/t23-,24-,26-,27+,28-,29-,30-,31-,33+,34-,35-/m0/s1. The molecule has 0 aromatic carbocycles. The first-order chi connectivity index (χ1) is 20.6. The number of carbonyl (C=O) groups excluding carboxylic acids is 1. The zero-order valence-electron chi connectivity index (χ0n) is 27.1. The van der Waals surface area contributed by atoms with Gasteiger partial charge >= 0.3 is 6.16 Å². The Hall–Kier alpha value is -1.19. The maximum Gasteiger partial charge on any atom is 0.508 e. The largest absolute Gasteiger partial charge is 0.508 e. The summed E-state index contributed by atoms with van der Waals surface area (Å²) >= 11 is 0. The first kappa shape index (κ1) is 31.8. The van der Waals surface area contributed by atoms with E-state index in [0.29, 0.717) is 66.7 Å². The fourth-order valence-electron chi connectivity index (χ4n) is 10.6. The van der Waals surface area contributed by atoms with E-state index in [4.69, 9.17) is 18.9 Å². The summed E-state index contributed by atoms with van der Waals surface area (Å²) in [6.45, 7) is 12.2. The Balaban J connectivity index is 1.07. The summed E-state index contributed by atoms with van der Waals surface area (Å²) in [5.74, 6) is 3.42. The number of ether oxygens (including phenoxy) is 4. The molecule has 6 rings (SSSR count). The first-order valence-electron chi connectivity index (χ1n) is 17.4. The monoisotopic (exact) mass is 603 g/mol. The van der Waals surface area contributed by atoms with E-state index in [9.17, 15) is 15.0 Å². The Bertz CT molecular complexity index is 1020. The lowest BCUT2D eigenvalue weighted by atomic mass is 9.44. The van der Waals surface area contributed by atoms with Gasteiger partial charge in [-0.25, -0.2) is 4.79 Å². The number of hydrogen-bond donors (Lipinski definition) is 2. The zero-order valence-corrected chi connectivity index (χ0v) is 27.1. The molecule has 4 aliphatic carbocycles. The summed E-state index contributed by atoms with van der Waals surface area (Å²) in [6.07, 6.45) is 13.3. The lowest BCUT2D eigenvalue weighted by Gasteiger charge is -2.61. The minimum Gasteiger partial charge on any atom is -0.433 e. The van der Waals surface area contributed by atoms with Gasteiger partial charge in [-0.1, -0.05) is 39.3 Å². The molecule has 0 aromatic heterocycles. The molecule has 0 amide bonds. The molecule has 0 radical (unpaired) electrons. The molecule has 2 saturated heterocycles. The van der Waals surface area contributed by atoms with Gasteiger partial charge in [-0.15, -0.1) is 0 Å². The fourth-order valence-corrected chi connectivity index (χ4v) is 10.6. The maximum atomic E-state index is 12.5. The molecule has 2 aliphatic heterocycles. The van der Waals surface area contributed by atoms with Crippen molar-refractivity contribution in [3.63, 3.8) is 0 Å². The summed E-state index contributed by atoms with van der Waals surface area (Å²) in [4.78, 5) is 14.4. The third-order valence-electron chi connectivity index (χ3n) is 13.3. The SMILES string of the molecule is C[C@H]1CC[C@]2(OC1)O[C@H]1C[C@H]3[C@@H]4CC=C5C[C@@H](OC(=O)OCCN(CCO)CCO)CC[C@]5(C)[C@H]4CC[C@]3(C)C[C@H]1[C@@H]2C. The molecule has 2 heterocycles. The van der Waals surface area contributed by atoms with Crippen LogP contribution >= 0.6 is 0 Å². The second-order valence-electron chi connectivity index (χ2n) is 15.6. The quantitative estimate of drug-likeness (QED) is 0.212. The summed E-state index contributed by atoms with van der Waals surface area (Å²) < 4.78 is 24.6. The van der Waals surface area contributed by atoms with Gasteiger partial charge in [0.1, 0.15) is 12.7 Å². The van der Waals surface area contributed by atoms with Gasteiger partial charge in [0.2, 0.25) is 0 Å². The molecule has 8 heteroatoms. The van der Waals surface area contributed by atoms with Gasteiger partial charge in [-0.3, -0.25) is 4.90 Å². The van der Waals surface area contributed by atoms with Crippen LogP contribution in [0.4, 0.5) is 4.79 Å². The molecule has 5 fully saturated rings. The molecule has 6 aliphatic rings. The Labute approximate surface area is 258 Å². The van der Waals surface area contributed by atoms with E-state index in [1.54, 1.807) is 0 Å². The summed E-state index contributed by atoms with van der Waals surface area (Å²) in [5.41, 5.74) is 2.04. The second kappa shape index (κ2) is 12.5. The lowest BCUT2D eigenvalue weighted by molar-refractivity contribution is -0.271. The molecule has 8 nitrogen and oxygen atoms in total. The predicted molar refractivity (Wildman–Crippen MR) is 163 cm³/mol. The van der Waals surface area contributed by atoms with Crippen molar-refractivity contribution in [1.29, 1.82) is 0 Å². The van der Waals surface area contributed by atoms with Gasteiger partial charge in [0.15, 0.2) is 5.79 Å². The molecule has 244 valence electrons. The first-order valence-corrected chi connectivity index (χ1v) is 17.4. The van der Waals surface area contributed by atoms with E-state index in [-0.39, 0.29) is 37.1 Å². The predicted octanol–water partition coefficient (Wildman–Crippen LogP) is 5.55. The van der Waals surface area contributed by atoms with Crippen LogP contribution in [-0.2, 0) is 18.9 Å². The maximum absolute atomic E-state index is 12.5. The van der Waals surface area contributed by atoms with E-state index in [2.05, 4.69) is 33.8 Å². The van der Waals surface area contributed by atoms with Crippen molar-refractivity contribution in [2.24, 2.45) is 46.3 Å². The van der Waals surface area contributed by atoms with Crippen molar-refractivity contribution in [2.75, 3.05) is 46.1 Å². The number of nitrogens with zero attached hydrogens (tertiary/aromatic N) is 1. The van der Waals surface area contributed by atoms with Crippen molar-refractivity contribution in [3.05, 3.63) is 11.6 Å². The molecule has 43 heavy (non-hydrogen) atoms. The van der Waals surface area contributed by atoms with Crippen LogP contribution in [0.15, 0.2) is 11.6 Å². The number of rotatable bonds is 8. The van der Waals surface area contributed by atoms with Crippen LogP contribution in [0.2, 0.25) is 0 Å². The van der Waals surface area contributed by atoms with Crippen molar-refractivity contribution >= 4 is 6.16 Å². The Kier molecular flexibility index (Phi) is 9.27. The minimum absolute atomic E-state index is 0.00533. The average molecular weight is 604 g/mol. The van der Waals surface area contributed by atoms with Crippen molar-refractivity contribution < 1.29 is 34.0 Å². The van der Waals surface area contributed by atoms with Gasteiger partial charge in [0, 0.05) is 38.4 Å². The van der Waals surface area contributed by atoms with Crippen LogP contribution in [0.1, 0.15) is 91.9 Å². The smallest absolute Gasteiger partial charge is 0.433 e. The Morgan fingerprint density at radius 3 is 2.53 bits per heavy atom. The number of aliphatic hydroxyl groups is 2. The van der Waals surface area contributed by atoms with Crippen molar-refractivity contribution in [3.8, 4) is 0 Å². The molecule has 0 unspecified atom stereocenters. The molecule has 1 spiro atoms. The van der Waals surface area contributed by atoms with Crippen LogP contribution in [0.3, 0.4) is 0 Å². The van der Waals surface area contributed by atoms with Crippen LogP contribution in [0.25, 0.3) is 0 Å². The summed E-state index contributed by atoms with van der Waals surface area (Å²) in [6, 6.07) is 0. The average Bonchev–Trinajstić information content (AvgIpc) is 3.23. The lowest BCUT2D eigenvalue weighted by Crippen LogP contribution is -2.54. The van der Waals surface area contributed by atoms with E-state index >= 15 is 0 Å². The highest BCUT2D eigenvalue weighted by molar-refractivity contribution is 5.60. The second-order valence-corrected chi connectivity index (χ2v) is 15.6. The number of aliphatic hydroxyl groups excluding tert-OH is 2.